The third-order valence-corrected chi connectivity index (χ3v) is 5.68. The van der Waals surface area contributed by atoms with Crippen molar-refractivity contribution >= 4 is 21.7 Å². The van der Waals surface area contributed by atoms with Gasteiger partial charge in [0.05, 0.1) is 11.4 Å². The zero-order valence-corrected chi connectivity index (χ0v) is 17.4. The minimum Gasteiger partial charge on any atom is -0.365 e. The molecule has 1 fully saturated rings. The van der Waals surface area contributed by atoms with Crippen molar-refractivity contribution in [2.45, 2.75) is 30.8 Å². The Balaban J connectivity index is 1.68. The van der Waals surface area contributed by atoms with Crippen LogP contribution in [0.25, 0.3) is 0 Å². The van der Waals surface area contributed by atoms with Gasteiger partial charge in [0.15, 0.2) is 5.96 Å². The first-order valence-electron chi connectivity index (χ1n) is 9.63. The maximum Gasteiger partial charge on any atom is 0.238 e. The number of rotatable bonds is 6. The maximum absolute atomic E-state index is 14.0. The number of nitrogens with two attached hydrogens (primary N) is 1. The molecule has 4 N–H and O–H groups in total. The maximum atomic E-state index is 14.0. The van der Waals surface area contributed by atoms with Gasteiger partial charge in [-0.05, 0) is 43.2 Å². The number of hydrogen-bond acceptors (Lipinski definition) is 4. The summed E-state index contributed by atoms with van der Waals surface area (Å²) in [5.41, 5.74) is 0.684. The molecule has 162 valence electrons. The summed E-state index contributed by atoms with van der Waals surface area (Å²) in [6, 6.07) is 10.1. The van der Waals surface area contributed by atoms with Crippen LogP contribution in [0, 0.1) is 11.6 Å². The zero-order chi connectivity index (χ0) is 21.7. The number of nitrogens with one attached hydrogen (secondary N) is 2. The van der Waals surface area contributed by atoms with E-state index in [1.54, 1.807) is 17.0 Å². The van der Waals surface area contributed by atoms with E-state index in [4.69, 9.17) is 5.14 Å². The van der Waals surface area contributed by atoms with Crippen LogP contribution in [0.5, 0.6) is 0 Å². The first-order valence-corrected chi connectivity index (χ1v) is 11.2. The Bertz CT molecular complexity index is 1010. The van der Waals surface area contributed by atoms with E-state index in [0.29, 0.717) is 37.6 Å². The molecule has 3 rings (SSSR count). The van der Waals surface area contributed by atoms with E-state index >= 15 is 0 Å². The summed E-state index contributed by atoms with van der Waals surface area (Å²) in [4.78, 5) is 6.21. The van der Waals surface area contributed by atoms with Gasteiger partial charge in [0.2, 0.25) is 10.0 Å². The van der Waals surface area contributed by atoms with Crippen LogP contribution < -0.4 is 20.7 Å². The summed E-state index contributed by atoms with van der Waals surface area (Å²) in [6.07, 6.45) is 0.694. The standard InChI is InChI=1S/C20H25F2N5O2S/c1-2-24-20(25-12-14-5-3-6-16(11-14)30(23,28)29)26-15-9-10-27(13-15)19-17(21)7-4-8-18(19)22/h3-8,11,15H,2,9-10,12-13H2,1H3,(H2,23,28,29)(H2,24,25,26). The molecule has 0 radical (unpaired) electrons. The Morgan fingerprint density at radius 3 is 2.60 bits per heavy atom. The van der Waals surface area contributed by atoms with Gasteiger partial charge in [-0.1, -0.05) is 18.2 Å². The molecule has 0 saturated carbocycles. The lowest BCUT2D eigenvalue weighted by molar-refractivity contribution is 0.576. The van der Waals surface area contributed by atoms with Gasteiger partial charge in [0.25, 0.3) is 0 Å². The molecule has 7 nitrogen and oxygen atoms in total. The van der Waals surface area contributed by atoms with Gasteiger partial charge in [-0.25, -0.2) is 27.3 Å². The molecule has 0 aromatic heterocycles. The van der Waals surface area contributed by atoms with Gasteiger partial charge in [-0.2, -0.15) is 0 Å². The molecule has 0 bridgehead atoms. The molecule has 10 heteroatoms. The first kappa shape index (κ1) is 22.0. The Morgan fingerprint density at radius 1 is 1.23 bits per heavy atom. The highest BCUT2D eigenvalue weighted by Crippen LogP contribution is 2.26. The lowest BCUT2D eigenvalue weighted by atomic mass is 10.2. The highest BCUT2D eigenvalue weighted by Gasteiger charge is 2.27. The van der Waals surface area contributed by atoms with Crippen molar-refractivity contribution in [1.29, 1.82) is 0 Å². The summed E-state index contributed by atoms with van der Waals surface area (Å²) in [5.74, 6) is -0.615. The van der Waals surface area contributed by atoms with Crippen molar-refractivity contribution < 1.29 is 17.2 Å². The smallest absolute Gasteiger partial charge is 0.238 e. The van der Waals surface area contributed by atoms with Crippen molar-refractivity contribution in [3.63, 3.8) is 0 Å². The number of benzene rings is 2. The lowest BCUT2D eigenvalue weighted by Crippen LogP contribution is -2.44. The fourth-order valence-electron chi connectivity index (χ4n) is 3.38. The van der Waals surface area contributed by atoms with E-state index in [9.17, 15) is 17.2 Å². The second-order valence-electron chi connectivity index (χ2n) is 7.03. The third-order valence-electron chi connectivity index (χ3n) is 4.77. The van der Waals surface area contributed by atoms with E-state index < -0.39 is 21.7 Å². The molecule has 1 saturated heterocycles. The average molecular weight is 438 g/mol. The van der Waals surface area contributed by atoms with Crippen LogP contribution in [0.3, 0.4) is 0 Å². The van der Waals surface area contributed by atoms with Gasteiger partial charge in [0, 0.05) is 25.7 Å². The topological polar surface area (TPSA) is 99.8 Å². The number of guanidine groups is 1. The predicted molar refractivity (Wildman–Crippen MR) is 113 cm³/mol. The molecule has 1 unspecified atom stereocenters. The van der Waals surface area contributed by atoms with Crippen LogP contribution in [0.15, 0.2) is 52.4 Å². The van der Waals surface area contributed by atoms with E-state index in [-0.39, 0.29) is 23.2 Å². The number of para-hydroxylation sites is 1. The predicted octanol–water partition coefficient (Wildman–Crippen LogP) is 1.95. The second-order valence-corrected chi connectivity index (χ2v) is 8.60. The first-order chi connectivity index (χ1) is 14.3. The average Bonchev–Trinajstić information content (AvgIpc) is 3.14. The number of sulfonamides is 1. The third kappa shape index (κ3) is 5.45. The van der Waals surface area contributed by atoms with Crippen LogP contribution >= 0.6 is 0 Å². The molecule has 1 aliphatic heterocycles. The molecule has 0 amide bonds. The van der Waals surface area contributed by atoms with Crippen LogP contribution in [0.2, 0.25) is 0 Å². The molecule has 0 aliphatic carbocycles. The van der Waals surface area contributed by atoms with Gasteiger partial charge in [0.1, 0.15) is 17.3 Å². The fourth-order valence-corrected chi connectivity index (χ4v) is 3.96. The summed E-state index contributed by atoms with van der Waals surface area (Å²) in [7, 11) is -3.78. The van der Waals surface area contributed by atoms with Crippen molar-refractivity contribution in [3.05, 3.63) is 59.7 Å². The van der Waals surface area contributed by atoms with Crippen molar-refractivity contribution in [2.75, 3.05) is 24.5 Å². The normalized spacial score (nSPS) is 17.3. The molecule has 1 aliphatic rings. The molecular weight excluding hydrogens is 412 g/mol. The Hall–Kier alpha value is -2.72. The molecule has 2 aromatic rings. The number of hydrogen-bond donors (Lipinski definition) is 3. The van der Waals surface area contributed by atoms with E-state index in [1.165, 1.54) is 30.3 Å². The number of nitrogens with zero attached hydrogens (tertiary/aromatic N) is 2. The summed E-state index contributed by atoms with van der Waals surface area (Å²) in [5, 5.41) is 11.6. The molecule has 2 aromatic carbocycles. The van der Waals surface area contributed by atoms with Gasteiger partial charge in [-0.15, -0.1) is 0 Å². The number of anilines is 1. The second kappa shape index (κ2) is 9.40. The molecular formula is C20H25F2N5O2S. The molecule has 0 spiro atoms. The molecule has 1 atom stereocenters. The summed E-state index contributed by atoms with van der Waals surface area (Å²) in [6.45, 7) is 3.75. The SMILES string of the molecule is CCNC(=NCc1cccc(S(N)(=O)=O)c1)NC1CCN(c2c(F)cccc2F)C1. The number of primary sulfonamides is 1. The Morgan fingerprint density at radius 2 is 1.93 bits per heavy atom. The van der Waals surface area contributed by atoms with Gasteiger partial charge < -0.3 is 15.5 Å². The summed E-state index contributed by atoms with van der Waals surface area (Å²) < 4.78 is 51.1. The van der Waals surface area contributed by atoms with E-state index in [2.05, 4.69) is 15.6 Å². The number of aliphatic imine (C=N–C) groups is 1. The minimum atomic E-state index is -3.78. The Kier molecular flexibility index (Phi) is 6.88. The monoisotopic (exact) mass is 437 g/mol. The lowest BCUT2D eigenvalue weighted by Gasteiger charge is -2.21. The van der Waals surface area contributed by atoms with Crippen molar-refractivity contribution in [3.8, 4) is 0 Å². The molecule has 1 heterocycles. The quantitative estimate of drug-likeness (QED) is 0.474. The van der Waals surface area contributed by atoms with Crippen LogP contribution in [-0.2, 0) is 16.6 Å². The largest absolute Gasteiger partial charge is 0.365 e. The van der Waals surface area contributed by atoms with Crippen LogP contribution in [-0.4, -0.2) is 40.1 Å². The van der Waals surface area contributed by atoms with Crippen LogP contribution in [0.1, 0.15) is 18.9 Å². The van der Waals surface area contributed by atoms with Gasteiger partial charge >= 0.3 is 0 Å². The van der Waals surface area contributed by atoms with Gasteiger partial charge in [-0.3, -0.25) is 0 Å². The van der Waals surface area contributed by atoms with Crippen molar-refractivity contribution in [2.24, 2.45) is 10.1 Å². The zero-order valence-electron chi connectivity index (χ0n) is 16.6. The highest BCUT2D eigenvalue weighted by molar-refractivity contribution is 7.89. The van der Waals surface area contributed by atoms with Crippen molar-refractivity contribution in [1.82, 2.24) is 10.6 Å². The number of halogens is 2. The fraction of sp³-hybridized carbons (Fsp3) is 0.350. The van der Waals surface area contributed by atoms with E-state index in [0.717, 1.165) is 0 Å². The minimum absolute atomic E-state index is 0.0106. The van der Waals surface area contributed by atoms with E-state index in [1.807, 2.05) is 6.92 Å². The summed E-state index contributed by atoms with van der Waals surface area (Å²) >= 11 is 0. The van der Waals surface area contributed by atoms with Crippen LogP contribution in [0.4, 0.5) is 14.5 Å². The molecule has 30 heavy (non-hydrogen) atoms. The highest BCUT2D eigenvalue weighted by atomic mass is 32.2. The Labute approximate surface area is 175 Å².